The van der Waals surface area contributed by atoms with Gasteiger partial charge in [-0.1, -0.05) is 12.1 Å². The predicted molar refractivity (Wildman–Crippen MR) is 59.1 cm³/mol. The minimum atomic E-state index is -0.844. The first-order valence-corrected chi connectivity index (χ1v) is 5.69. The van der Waals surface area contributed by atoms with Crippen LogP contribution in [0.5, 0.6) is 0 Å². The molecule has 2 aromatic rings. The molecule has 84 valence electrons. The molecule has 5 heteroatoms. The van der Waals surface area contributed by atoms with Crippen LogP contribution < -0.4 is 5.73 Å². The quantitative estimate of drug-likeness (QED) is 0.895. The molecule has 0 aliphatic carbocycles. The van der Waals surface area contributed by atoms with Gasteiger partial charge in [0.15, 0.2) is 11.6 Å². The highest BCUT2D eigenvalue weighted by Crippen LogP contribution is 2.19. The van der Waals surface area contributed by atoms with Gasteiger partial charge in [-0.15, -0.1) is 11.3 Å². The summed E-state index contributed by atoms with van der Waals surface area (Å²) in [5.41, 5.74) is 8.49. The summed E-state index contributed by atoms with van der Waals surface area (Å²) in [7, 11) is 0. The van der Waals surface area contributed by atoms with Crippen molar-refractivity contribution in [2.24, 2.45) is 5.73 Å². The van der Waals surface area contributed by atoms with Gasteiger partial charge in [0.25, 0.3) is 0 Å². The number of aromatic nitrogens is 1. The fourth-order valence-corrected chi connectivity index (χ4v) is 2.07. The van der Waals surface area contributed by atoms with Crippen LogP contribution in [0.1, 0.15) is 17.3 Å². The van der Waals surface area contributed by atoms with Crippen molar-refractivity contribution in [3.05, 3.63) is 52.0 Å². The molecule has 2 N–H and O–H groups in total. The second-order valence-corrected chi connectivity index (χ2v) is 4.16. The SMILES string of the molecule is NC(Cc1cccc(F)c1F)c1cscn1. The lowest BCUT2D eigenvalue weighted by molar-refractivity contribution is 0.493. The Morgan fingerprint density at radius 3 is 2.88 bits per heavy atom. The molecule has 16 heavy (non-hydrogen) atoms. The normalized spacial score (nSPS) is 12.7. The zero-order valence-corrected chi connectivity index (χ0v) is 9.18. The van der Waals surface area contributed by atoms with Crippen LogP contribution in [-0.2, 0) is 6.42 Å². The fraction of sp³-hybridized carbons (Fsp3) is 0.182. The van der Waals surface area contributed by atoms with Gasteiger partial charge in [-0.05, 0) is 18.1 Å². The van der Waals surface area contributed by atoms with E-state index < -0.39 is 17.7 Å². The molecule has 0 amide bonds. The van der Waals surface area contributed by atoms with Crippen molar-refractivity contribution in [1.82, 2.24) is 4.98 Å². The summed E-state index contributed by atoms with van der Waals surface area (Å²) in [6.45, 7) is 0. The summed E-state index contributed by atoms with van der Waals surface area (Å²) < 4.78 is 26.3. The number of rotatable bonds is 3. The van der Waals surface area contributed by atoms with Gasteiger partial charge in [-0.3, -0.25) is 0 Å². The van der Waals surface area contributed by atoms with E-state index in [0.29, 0.717) is 5.69 Å². The molecule has 0 radical (unpaired) electrons. The van der Waals surface area contributed by atoms with Crippen LogP contribution in [-0.4, -0.2) is 4.98 Å². The van der Waals surface area contributed by atoms with Crippen molar-refractivity contribution in [3.8, 4) is 0 Å². The lowest BCUT2D eigenvalue weighted by Crippen LogP contribution is -2.14. The molecule has 0 bridgehead atoms. The minimum absolute atomic E-state index is 0.243. The van der Waals surface area contributed by atoms with E-state index in [-0.39, 0.29) is 12.0 Å². The van der Waals surface area contributed by atoms with Gasteiger partial charge in [0.1, 0.15) is 0 Å². The molecule has 0 saturated carbocycles. The van der Waals surface area contributed by atoms with Crippen molar-refractivity contribution in [2.45, 2.75) is 12.5 Å². The molecule has 0 aliphatic rings. The summed E-state index contributed by atoms with van der Waals surface area (Å²) >= 11 is 1.43. The molecule has 1 unspecified atom stereocenters. The third kappa shape index (κ3) is 2.25. The second kappa shape index (κ2) is 4.67. The molecule has 1 aromatic carbocycles. The van der Waals surface area contributed by atoms with E-state index in [4.69, 9.17) is 5.73 Å². The number of thiazole rings is 1. The van der Waals surface area contributed by atoms with E-state index in [1.807, 2.05) is 5.38 Å². The van der Waals surface area contributed by atoms with Gasteiger partial charge >= 0.3 is 0 Å². The van der Waals surface area contributed by atoms with Crippen molar-refractivity contribution in [2.75, 3.05) is 0 Å². The van der Waals surface area contributed by atoms with Gasteiger partial charge in [-0.2, -0.15) is 0 Å². The Kier molecular flexibility index (Phi) is 3.26. The Morgan fingerprint density at radius 1 is 1.38 bits per heavy atom. The van der Waals surface area contributed by atoms with E-state index in [0.717, 1.165) is 6.07 Å². The van der Waals surface area contributed by atoms with Crippen LogP contribution in [0.2, 0.25) is 0 Å². The van der Waals surface area contributed by atoms with Gasteiger partial charge in [0.2, 0.25) is 0 Å². The zero-order chi connectivity index (χ0) is 11.5. The first kappa shape index (κ1) is 11.2. The molecule has 0 fully saturated rings. The van der Waals surface area contributed by atoms with Gasteiger partial charge in [-0.25, -0.2) is 13.8 Å². The number of halogens is 2. The summed E-state index contributed by atoms with van der Waals surface area (Å²) in [5.74, 6) is -1.67. The highest BCUT2D eigenvalue weighted by atomic mass is 32.1. The van der Waals surface area contributed by atoms with Gasteiger partial charge in [0.05, 0.1) is 17.2 Å². The summed E-state index contributed by atoms with van der Waals surface area (Å²) in [6, 6.07) is 3.70. The van der Waals surface area contributed by atoms with E-state index in [1.54, 1.807) is 5.51 Å². The summed E-state index contributed by atoms with van der Waals surface area (Å²) in [5, 5.41) is 1.81. The fourth-order valence-electron chi connectivity index (χ4n) is 1.45. The summed E-state index contributed by atoms with van der Waals surface area (Å²) in [4.78, 5) is 4.04. The Labute approximate surface area is 95.7 Å². The third-order valence-corrected chi connectivity index (χ3v) is 2.91. The largest absolute Gasteiger partial charge is 0.322 e. The maximum atomic E-state index is 13.4. The van der Waals surface area contributed by atoms with Crippen LogP contribution in [0.3, 0.4) is 0 Å². The number of hydrogen-bond donors (Lipinski definition) is 1. The van der Waals surface area contributed by atoms with Crippen molar-refractivity contribution < 1.29 is 8.78 Å². The first-order valence-electron chi connectivity index (χ1n) is 4.75. The number of hydrogen-bond acceptors (Lipinski definition) is 3. The highest BCUT2D eigenvalue weighted by Gasteiger charge is 2.13. The molecular weight excluding hydrogens is 230 g/mol. The Hall–Kier alpha value is -1.33. The Balaban J connectivity index is 2.18. The first-order chi connectivity index (χ1) is 7.68. The smallest absolute Gasteiger partial charge is 0.162 e. The maximum absolute atomic E-state index is 13.4. The topological polar surface area (TPSA) is 38.9 Å². The van der Waals surface area contributed by atoms with E-state index in [2.05, 4.69) is 4.98 Å². The van der Waals surface area contributed by atoms with Crippen LogP contribution in [0.15, 0.2) is 29.1 Å². The number of nitrogens with two attached hydrogens (primary N) is 1. The molecular formula is C11H10F2N2S. The Morgan fingerprint density at radius 2 is 2.19 bits per heavy atom. The molecule has 1 heterocycles. The second-order valence-electron chi connectivity index (χ2n) is 3.44. The van der Waals surface area contributed by atoms with E-state index in [9.17, 15) is 8.78 Å². The average molecular weight is 240 g/mol. The van der Waals surface area contributed by atoms with Crippen LogP contribution >= 0.6 is 11.3 Å². The third-order valence-electron chi connectivity index (χ3n) is 2.30. The average Bonchev–Trinajstić information content (AvgIpc) is 2.78. The lowest BCUT2D eigenvalue weighted by atomic mass is 10.0. The molecule has 0 aliphatic heterocycles. The Bertz CT molecular complexity index is 471. The van der Waals surface area contributed by atoms with Gasteiger partial charge < -0.3 is 5.73 Å². The monoisotopic (exact) mass is 240 g/mol. The minimum Gasteiger partial charge on any atom is -0.322 e. The molecule has 2 nitrogen and oxygen atoms in total. The number of benzene rings is 1. The van der Waals surface area contributed by atoms with Gasteiger partial charge in [0, 0.05) is 5.38 Å². The maximum Gasteiger partial charge on any atom is 0.162 e. The van der Waals surface area contributed by atoms with Crippen LogP contribution in [0.4, 0.5) is 8.78 Å². The van der Waals surface area contributed by atoms with Crippen molar-refractivity contribution in [3.63, 3.8) is 0 Å². The lowest BCUT2D eigenvalue weighted by Gasteiger charge is -2.09. The predicted octanol–water partition coefficient (Wildman–Crippen LogP) is 2.66. The summed E-state index contributed by atoms with van der Waals surface area (Å²) in [6.07, 6.45) is 0.243. The molecule has 2 rings (SSSR count). The molecule has 0 saturated heterocycles. The molecule has 1 aromatic heterocycles. The molecule has 0 spiro atoms. The van der Waals surface area contributed by atoms with Crippen LogP contribution in [0, 0.1) is 11.6 Å². The molecule has 1 atom stereocenters. The van der Waals surface area contributed by atoms with Crippen molar-refractivity contribution >= 4 is 11.3 Å². The highest BCUT2D eigenvalue weighted by molar-refractivity contribution is 7.07. The van der Waals surface area contributed by atoms with E-state index in [1.165, 1.54) is 23.5 Å². The number of nitrogens with zero attached hydrogens (tertiary/aromatic N) is 1. The van der Waals surface area contributed by atoms with Crippen LogP contribution in [0.25, 0.3) is 0 Å². The standard InChI is InChI=1S/C11H10F2N2S/c12-8-3-1-2-7(11(8)13)4-9(14)10-5-16-6-15-10/h1-3,5-6,9H,4,14H2. The van der Waals surface area contributed by atoms with Crippen molar-refractivity contribution in [1.29, 1.82) is 0 Å². The van der Waals surface area contributed by atoms with E-state index >= 15 is 0 Å². The zero-order valence-electron chi connectivity index (χ0n) is 8.36.